The third-order valence-corrected chi connectivity index (χ3v) is 6.19. The second kappa shape index (κ2) is 7.97. The Morgan fingerprint density at radius 1 is 0.519 bits per heavy atom. The molecule has 0 aliphatic carbocycles. The molecule has 3 heteroatoms. The summed E-state index contributed by atoms with van der Waals surface area (Å²) in [5.41, 5.74) is 12.2. The van der Waals surface area contributed by atoms with Gasteiger partial charge in [0.25, 0.3) is 0 Å². The fourth-order valence-corrected chi connectivity index (χ4v) is 5.84. The van der Waals surface area contributed by atoms with Crippen molar-refractivity contribution in [3.63, 3.8) is 0 Å². The first-order valence-electron chi connectivity index (χ1n) is 9.29. The van der Waals surface area contributed by atoms with E-state index in [0.717, 1.165) is 8.95 Å². The molecule has 0 amide bonds. The highest BCUT2D eigenvalue weighted by Crippen LogP contribution is 2.18. The van der Waals surface area contributed by atoms with E-state index in [4.69, 9.17) is 0 Å². The maximum atomic E-state index is 3.69. The number of benzene rings is 3. The van der Waals surface area contributed by atoms with Crippen LogP contribution >= 0.6 is 31.9 Å². The lowest BCUT2D eigenvalue weighted by Gasteiger charge is -2.25. The predicted octanol–water partition coefficient (Wildman–Crippen LogP) is 5.58. The molecule has 0 nitrogen and oxygen atoms in total. The minimum absolute atomic E-state index is 0.208. The van der Waals surface area contributed by atoms with Gasteiger partial charge < -0.3 is 0 Å². The highest BCUT2D eigenvalue weighted by Gasteiger charge is 2.28. The van der Waals surface area contributed by atoms with Gasteiger partial charge in [-0.25, -0.2) is 0 Å². The van der Waals surface area contributed by atoms with Gasteiger partial charge in [-0.15, -0.1) is 0 Å². The summed E-state index contributed by atoms with van der Waals surface area (Å²) in [5.74, 6) is 0. The average Bonchev–Trinajstić information content (AvgIpc) is 2.50. The molecule has 0 atom stereocenters. The smallest absolute Gasteiger partial charge is 0.0664 e. The van der Waals surface area contributed by atoms with Crippen LogP contribution in [0.3, 0.4) is 0 Å². The van der Waals surface area contributed by atoms with E-state index < -0.39 is 0 Å². The van der Waals surface area contributed by atoms with Crippen LogP contribution in [0.2, 0.25) is 0 Å². The average molecular weight is 484 g/mol. The molecule has 0 saturated carbocycles. The summed E-state index contributed by atoms with van der Waals surface area (Å²) >= 11 is 7.39. The van der Waals surface area contributed by atoms with Crippen molar-refractivity contribution in [3.05, 3.63) is 84.8 Å². The molecule has 0 bridgehead atoms. The highest BCUT2D eigenvalue weighted by molar-refractivity contribution is 9.11. The minimum atomic E-state index is 0.208. The van der Waals surface area contributed by atoms with Crippen molar-refractivity contribution in [1.29, 1.82) is 0 Å². The standard InChI is InChI=1S/C24H25BBr2/c1-14-7-16(3)23(17(4)8-14)25(20-11-21(26)13-22(27)12-20)24-18(5)9-15(2)10-19(24)6/h7-13H,1-6H3. The van der Waals surface area contributed by atoms with Crippen molar-refractivity contribution in [2.24, 2.45) is 0 Å². The molecule has 0 aliphatic rings. The summed E-state index contributed by atoms with van der Waals surface area (Å²) in [5, 5.41) is 0. The summed E-state index contributed by atoms with van der Waals surface area (Å²) in [6.45, 7) is 13.5. The number of hydrogen-bond acceptors (Lipinski definition) is 0. The molecule has 0 radical (unpaired) electrons. The lowest BCUT2D eigenvalue weighted by Crippen LogP contribution is -2.55. The zero-order chi connectivity index (χ0) is 19.9. The molecular weight excluding hydrogens is 459 g/mol. The van der Waals surface area contributed by atoms with Crippen LogP contribution in [0.4, 0.5) is 0 Å². The predicted molar refractivity (Wildman–Crippen MR) is 128 cm³/mol. The van der Waals surface area contributed by atoms with Crippen LogP contribution < -0.4 is 16.4 Å². The summed E-state index contributed by atoms with van der Waals surface area (Å²) in [6.07, 6.45) is 0. The number of aryl methyl sites for hydroxylation is 6. The summed E-state index contributed by atoms with van der Waals surface area (Å²) in [6, 6.07) is 15.8. The van der Waals surface area contributed by atoms with Crippen LogP contribution in [0.5, 0.6) is 0 Å². The Hall–Kier alpha value is -1.32. The molecule has 0 fully saturated rings. The third kappa shape index (κ3) is 4.25. The largest absolute Gasteiger partial charge is 0.242 e. The van der Waals surface area contributed by atoms with Gasteiger partial charge in [0.2, 0.25) is 6.71 Å². The summed E-state index contributed by atoms with van der Waals surface area (Å²) in [7, 11) is 0. The van der Waals surface area contributed by atoms with Gasteiger partial charge in [0, 0.05) is 8.95 Å². The molecule has 0 unspecified atom stereocenters. The van der Waals surface area contributed by atoms with E-state index >= 15 is 0 Å². The topological polar surface area (TPSA) is 0 Å². The van der Waals surface area contributed by atoms with Crippen LogP contribution in [0.1, 0.15) is 33.4 Å². The van der Waals surface area contributed by atoms with E-state index in [1.54, 1.807) is 0 Å². The molecule has 0 saturated heterocycles. The Balaban J connectivity index is 2.39. The van der Waals surface area contributed by atoms with E-state index in [-0.39, 0.29) is 6.71 Å². The maximum absolute atomic E-state index is 3.69. The molecule has 3 aromatic rings. The van der Waals surface area contributed by atoms with Gasteiger partial charge in [-0.3, -0.25) is 0 Å². The SMILES string of the molecule is Cc1cc(C)c(B(c2cc(Br)cc(Br)c2)c2c(C)cc(C)cc2C)c(C)c1. The fourth-order valence-electron chi connectivity index (χ4n) is 4.51. The van der Waals surface area contributed by atoms with E-state index in [2.05, 4.69) is 116 Å². The quantitative estimate of drug-likeness (QED) is 0.427. The van der Waals surface area contributed by atoms with Crippen molar-refractivity contribution in [2.45, 2.75) is 41.5 Å². The molecular formula is C24H25BBr2. The summed E-state index contributed by atoms with van der Waals surface area (Å²) in [4.78, 5) is 0. The van der Waals surface area contributed by atoms with Crippen LogP contribution in [0.15, 0.2) is 51.4 Å². The van der Waals surface area contributed by atoms with Crippen molar-refractivity contribution in [2.75, 3.05) is 0 Å². The number of halogens is 2. The fraction of sp³-hybridized carbons (Fsp3) is 0.250. The Morgan fingerprint density at radius 2 is 0.852 bits per heavy atom. The zero-order valence-corrected chi connectivity index (χ0v) is 20.0. The van der Waals surface area contributed by atoms with Crippen LogP contribution in [0, 0.1) is 41.5 Å². The maximum Gasteiger partial charge on any atom is 0.242 e. The lowest BCUT2D eigenvalue weighted by atomic mass is 9.34. The Labute approximate surface area is 180 Å². The van der Waals surface area contributed by atoms with Gasteiger partial charge in [0.15, 0.2) is 0 Å². The molecule has 0 spiro atoms. The molecule has 3 aromatic carbocycles. The van der Waals surface area contributed by atoms with Gasteiger partial charge in [-0.2, -0.15) is 0 Å². The first kappa shape index (κ1) is 20.4. The second-order valence-electron chi connectivity index (χ2n) is 7.76. The first-order valence-corrected chi connectivity index (χ1v) is 10.9. The van der Waals surface area contributed by atoms with Crippen LogP contribution in [-0.4, -0.2) is 6.71 Å². The van der Waals surface area contributed by atoms with Gasteiger partial charge in [-0.05, 0) is 47.6 Å². The second-order valence-corrected chi connectivity index (χ2v) is 9.59. The van der Waals surface area contributed by atoms with Crippen molar-refractivity contribution >= 4 is 55.0 Å². The molecule has 0 aliphatic heterocycles. The van der Waals surface area contributed by atoms with E-state index in [0.29, 0.717) is 0 Å². The van der Waals surface area contributed by atoms with Crippen LogP contribution in [0.25, 0.3) is 0 Å². The van der Waals surface area contributed by atoms with E-state index in [9.17, 15) is 0 Å². The first-order chi connectivity index (χ1) is 12.7. The Kier molecular flexibility index (Phi) is 6.03. The van der Waals surface area contributed by atoms with Crippen molar-refractivity contribution in [3.8, 4) is 0 Å². The normalized spacial score (nSPS) is 11.0. The van der Waals surface area contributed by atoms with Gasteiger partial charge in [0.05, 0.1) is 0 Å². The number of hydrogen-bond donors (Lipinski definition) is 0. The molecule has 0 aromatic heterocycles. The monoisotopic (exact) mass is 482 g/mol. The highest BCUT2D eigenvalue weighted by atomic mass is 79.9. The number of rotatable bonds is 3. The third-order valence-electron chi connectivity index (χ3n) is 5.27. The molecule has 3 rings (SSSR count). The van der Waals surface area contributed by atoms with Gasteiger partial charge in [0.1, 0.15) is 0 Å². The van der Waals surface area contributed by atoms with E-state index in [1.807, 2.05) is 0 Å². The van der Waals surface area contributed by atoms with Crippen molar-refractivity contribution in [1.82, 2.24) is 0 Å². The minimum Gasteiger partial charge on any atom is -0.0664 e. The molecule has 27 heavy (non-hydrogen) atoms. The van der Waals surface area contributed by atoms with Crippen molar-refractivity contribution < 1.29 is 0 Å². The summed E-state index contributed by atoms with van der Waals surface area (Å²) < 4.78 is 2.20. The van der Waals surface area contributed by atoms with E-state index in [1.165, 1.54) is 49.8 Å². The molecule has 0 heterocycles. The Morgan fingerprint density at radius 3 is 1.19 bits per heavy atom. The molecule has 138 valence electrons. The Bertz CT molecular complexity index is 897. The zero-order valence-electron chi connectivity index (χ0n) is 16.9. The van der Waals surface area contributed by atoms with Crippen LogP contribution in [-0.2, 0) is 0 Å². The molecule has 0 N–H and O–H groups in total. The lowest BCUT2D eigenvalue weighted by molar-refractivity contribution is 1.34. The van der Waals surface area contributed by atoms with Gasteiger partial charge in [-0.1, -0.05) is 118 Å². The van der Waals surface area contributed by atoms with Gasteiger partial charge >= 0.3 is 0 Å².